The van der Waals surface area contributed by atoms with Crippen LogP contribution in [-0.4, -0.2) is 59.2 Å². The number of methoxy groups -OCH3 is 2. The number of hydrogen-bond donors (Lipinski definition) is 1. The number of piperidine rings is 1. The first-order valence-corrected chi connectivity index (χ1v) is 7.50. The van der Waals surface area contributed by atoms with Crippen LogP contribution in [-0.2, 0) is 4.79 Å². The van der Waals surface area contributed by atoms with Crippen molar-refractivity contribution in [2.24, 2.45) is 5.92 Å². The van der Waals surface area contributed by atoms with Crippen LogP contribution in [0.5, 0.6) is 11.8 Å². The Morgan fingerprint density at radius 3 is 2.52 bits per heavy atom. The molecule has 1 aromatic heterocycles. The number of aromatic nitrogens is 2. The number of rotatable bonds is 6. The standard InChI is InChI=1S/C15H21N3O5/c1-22-13-12(14(23-2)17-9-16-13)15(21)18-7-3-4-10(8-18)5-6-11(19)20/h9-10H,3-8H2,1-2H3,(H,19,20). The summed E-state index contributed by atoms with van der Waals surface area (Å²) in [6.07, 6.45) is 3.73. The number of aliphatic carboxylic acids is 1. The Labute approximate surface area is 134 Å². The Morgan fingerprint density at radius 1 is 1.30 bits per heavy atom. The van der Waals surface area contributed by atoms with Crippen LogP contribution in [0.15, 0.2) is 6.33 Å². The molecule has 2 heterocycles. The number of carbonyl (C=O) groups excluding carboxylic acids is 1. The van der Waals surface area contributed by atoms with Crippen molar-refractivity contribution in [1.29, 1.82) is 0 Å². The maximum Gasteiger partial charge on any atom is 0.303 e. The fourth-order valence-corrected chi connectivity index (χ4v) is 2.82. The third kappa shape index (κ3) is 4.08. The van der Waals surface area contributed by atoms with Crippen molar-refractivity contribution in [3.63, 3.8) is 0 Å². The van der Waals surface area contributed by atoms with Gasteiger partial charge >= 0.3 is 5.97 Å². The van der Waals surface area contributed by atoms with Gasteiger partial charge in [0.05, 0.1) is 14.2 Å². The van der Waals surface area contributed by atoms with Crippen molar-refractivity contribution in [2.45, 2.75) is 25.7 Å². The van der Waals surface area contributed by atoms with Crippen LogP contribution in [0.2, 0.25) is 0 Å². The summed E-state index contributed by atoms with van der Waals surface area (Å²) in [4.78, 5) is 33.1. The van der Waals surface area contributed by atoms with Gasteiger partial charge in [0.1, 0.15) is 6.33 Å². The molecule has 1 amide bonds. The Bertz CT molecular complexity index is 556. The van der Waals surface area contributed by atoms with E-state index in [-0.39, 0.29) is 35.6 Å². The van der Waals surface area contributed by atoms with Gasteiger partial charge in [-0.25, -0.2) is 9.97 Å². The van der Waals surface area contributed by atoms with Crippen LogP contribution in [0.25, 0.3) is 0 Å². The van der Waals surface area contributed by atoms with Crippen molar-refractivity contribution in [2.75, 3.05) is 27.3 Å². The highest BCUT2D eigenvalue weighted by Crippen LogP contribution is 2.28. The van der Waals surface area contributed by atoms with Crippen LogP contribution in [0, 0.1) is 5.92 Å². The van der Waals surface area contributed by atoms with E-state index in [9.17, 15) is 9.59 Å². The third-order valence-electron chi connectivity index (χ3n) is 3.95. The molecule has 0 spiro atoms. The molecular formula is C15H21N3O5. The molecule has 2 rings (SSSR count). The monoisotopic (exact) mass is 323 g/mol. The summed E-state index contributed by atoms with van der Waals surface area (Å²) in [5, 5.41) is 8.80. The van der Waals surface area contributed by atoms with E-state index in [2.05, 4.69) is 9.97 Å². The number of carboxylic acid groups (broad SMARTS) is 1. The minimum Gasteiger partial charge on any atom is -0.481 e. The van der Waals surface area contributed by atoms with Crippen molar-refractivity contribution in [1.82, 2.24) is 14.9 Å². The molecule has 0 saturated carbocycles. The lowest BCUT2D eigenvalue weighted by molar-refractivity contribution is -0.137. The Hall–Kier alpha value is -2.38. The largest absolute Gasteiger partial charge is 0.481 e. The average Bonchev–Trinajstić information content (AvgIpc) is 2.58. The predicted molar refractivity (Wildman–Crippen MR) is 80.6 cm³/mol. The number of carbonyl (C=O) groups is 2. The van der Waals surface area contributed by atoms with E-state index in [4.69, 9.17) is 14.6 Å². The smallest absolute Gasteiger partial charge is 0.303 e. The first-order valence-electron chi connectivity index (χ1n) is 7.50. The lowest BCUT2D eigenvalue weighted by atomic mass is 9.93. The van der Waals surface area contributed by atoms with Crippen molar-refractivity contribution in [3.8, 4) is 11.8 Å². The molecule has 1 atom stereocenters. The minimum absolute atomic E-state index is 0.119. The first kappa shape index (κ1) is 17.0. The molecule has 0 aromatic carbocycles. The molecule has 8 nitrogen and oxygen atoms in total. The molecule has 0 bridgehead atoms. The Balaban J connectivity index is 2.15. The Kier molecular flexibility index (Phi) is 5.72. The van der Waals surface area contributed by atoms with Crippen LogP contribution in [0.3, 0.4) is 0 Å². The zero-order chi connectivity index (χ0) is 16.8. The van der Waals surface area contributed by atoms with E-state index in [1.807, 2.05) is 0 Å². The lowest BCUT2D eigenvalue weighted by Crippen LogP contribution is -2.40. The van der Waals surface area contributed by atoms with Gasteiger partial charge in [-0.05, 0) is 25.2 Å². The van der Waals surface area contributed by atoms with Gasteiger partial charge < -0.3 is 19.5 Å². The summed E-state index contributed by atoms with van der Waals surface area (Å²) in [6.45, 7) is 1.14. The molecule has 1 saturated heterocycles. The summed E-state index contributed by atoms with van der Waals surface area (Å²) in [7, 11) is 2.87. The molecule has 1 aromatic rings. The van der Waals surface area contributed by atoms with Crippen LogP contribution >= 0.6 is 0 Å². The second-order valence-corrected chi connectivity index (χ2v) is 5.46. The summed E-state index contributed by atoms with van der Waals surface area (Å²) in [5.74, 6) is -0.526. The van der Waals surface area contributed by atoms with Crippen molar-refractivity contribution < 1.29 is 24.2 Å². The van der Waals surface area contributed by atoms with Gasteiger partial charge in [0, 0.05) is 19.5 Å². The van der Waals surface area contributed by atoms with Crippen molar-refractivity contribution in [3.05, 3.63) is 11.9 Å². The molecule has 0 aliphatic carbocycles. The Morgan fingerprint density at radius 2 is 1.96 bits per heavy atom. The summed E-state index contributed by atoms with van der Waals surface area (Å²) < 4.78 is 10.3. The van der Waals surface area contributed by atoms with E-state index in [1.165, 1.54) is 20.5 Å². The van der Waals surface area contributed by atoms with E-state index in [0.717, 1.165) is 12.8 Å². The minimum atomic E-state index is -0.812. The second-order valence-electron chi connectivity index (χ2n) is 5.46. The lowest BCUT2D eigenvalue weighted by Gasteiger charge is -2.33. The van der Waals surface area contributed by atoms with Gasteiger partial charge in [-0.1, -0.05) is 0 Å². The van der Waals surface area contributed by atoms with Gasteiger partial charge in [0.2, 0.25) is 11.8 Å². The summed E-state index contributed by atoms with van der Waals surface area (Å²) in [6, 6.07) is 0. The quantitative estimate of drug-likeness (QED) is 0.839. The average molecular weight is 323 g/mol. The number of amides is 1. The topological polar surface area (TPSA) is 102 Å². The molecular weight excluding hydrogens is 302 g/mol. The molecule has 8 heteroatoms. The molecule has 1 fully saturated rings. The maximum absolute atomic E-state index is 12.8. The zero-order valence-electron chi connectivity index (χ0n) is 13.3. The highest BCUT2D eigenvalue weighted by atomic mass is 16.5. The molecule has 1 unspecified atom stereocenters. The van der Waals surface area contributed by atoms with Crippen LogP contribution in [0.4, 0.5) is 0 Å². The normalized spacial score (nSPS) is 17.7. The highest BCUT2D eigenvalue weighted by molar-refractivity contribution is 5.98. The zero-order valence-corrected chi connectivity index (χ0v) is 13.3. The van der Waals surface area contributed by atoms with Crippen molar-refractivity contribution >= 4 is 11.9 Å². The SMILES string of the molecule is COc1ncnc(OC)c1C(=O)N1CCCC(CCC(=O)O)C1. The van der Waals surface area contributed by atoms with Crippen LogP contribution in [0.1, 0.15) is 36.0 Å². The highest BCUT2D eigenvalue weighted by Gasteiger charge is 2.30. The number of nitrogens with zero attached hydrogens (tertiary/aromatic N) is 3. The fraction of sp³-hybridized carbons (Fsp3) is 0.600. The number of hydrogen-bond acceptors (Lipinski definition) is 6. The van der Waals surface area contributed by atoms with E-state index in [0.29, 0.717) is 19.5 Å². The van der Waals surface area contributed by atoms with Gasteiger partial charge in [-0.2, -0.15) is 0 Å². The van der Waals surface area contributed by atoms with Crippen LogP contribution < -0.4 is 9.47 Å². The summed E-state index contributed by atoms with van der Waals surface area (Å²) in [5.41, 5.74) is 0.205. The van der Waals surface area contributed by atoms with Gasteiger partial charge in [-0.15, -0.1) is 0 Å². The van der Waals surface area contributed by atoms with E-state index >= 15 is 0 Å². The van der Waals surface area contributed by atoms with Gasteiger partial charge in [-0.3, -0.25) is 9.59 Å². The maximum atomic E-state index is 12.8. The number of carboxylic acids is 1. The molecule has 1 aliphatic rings. The van der Waals surface area contributed by atoms with E-state index < -0.39 is 5.97 Å². The predicted octanol–water partition coefficient (Wildman–Crippen LogP) is 1.21. The molecule has 0 radical (unpaired) electrons. The molecule has 23 heavy (non-hydrogen) atoms. The fourth-order valence-electron chi connectivity index (χ4n) is 2.82. The first-order chi connectivity index (χ1) is 11.1. The number of likely N-dealkylation sites (tertiary alicyclic amines) is 1. The molecule has 126 valence electrons. The molecule has 1 aliphatic heterocycles. The van der Waals surface area contributed by atoms with Gasteiger partial charge in [0.15, 0.2) is 5.56 Å². The van der Waals surface area contributed by atoms with E-state index in [1.54, 1.807) is 4.90 Å². The van der Waals surface area contributed by atoms with Gasteiger partial charge in [0.25, 0.3) is 5.91 Å². The molecule has 1 N–H and O–H groups in total. The number of ether oxygens (including phenoxy) is 2. The second kappa shape index (κ2) is 7.75. The summed E-state index contributed by atoms with van der Waals surface area (Å²) >= 11 is 0. The third-order valence-corrected chi connectivity index (χ3v) is 3.95.